The van der Waals surface area contributed by atoms with E-state index in [0.29, 0.717) is 21.9 Å². The van der Waals surface area contributed by atoms with Crippen LogP contribution in [0.4, 0.5) is 8.78 Å². The molecule has 0 saturated heterocycles. The SMILES string of the molecule is Cc1ccc(-n2c(SCC(=O)N(C)Cc3ccc(OC(F)F)cc3)nc3ccccc3c2=O)nc1. The van der Waals surface area contributed by atoms with Gasteiger partial charge in [0.25, 0.3) is 5.56 Å². The summed E-state index contributed by atoms with van der Waals surface area (Å²) in [4.78, 5) is 36.6. The van der Waals surface area contributed by atoms with Crippen molar-refractivity contribution in [1.29, 1.82) is 0 Å². The standard InChI is InChI=1S/C25H22F2N4O3S/c1-16-7-12-21(28-13-16)31-23(33)19-5-3-4-6-20(19)29-25(31)35-15-22(32)30(2)14-17-8-10-18(11-9-17)34-24(26)27/h3-13,24H,14-15H2,1-2H3. The lowest BCUT2D eigenvalue weighted by Crippen LogP contribution is -2.28. The van der Waals surface area contributed by atoms with E-state index in [1.54, 1.807) is 55.7 Å². The predicted molar refractivity (Wildman–Crippen MR) is 130 cm³/mol. The fourth-order valence-corrected chi connectivity index (χ4v) is 4.32. The molecule has 0 aliphatic heterocycles. The van der Waals surface area contributed by atoms with Crippen molar-refractivity contribution in [3.05, 3.63) is 88.3 Å². The summed E-state index contributed by atoms with van der Waals surface area (Å²) in [5.74, 6) is 0.333. The number of thioether (sulfide) groups is 1. The molecule has 4 aromatic rings. The highest BCUT2D eigenvalue weighted by atomic mass is 32.2. The summed E-state index contributed by atoms with van der Waals surface area (Å²) in [7, 11) is 1.65. The third-order valence-corrected chi connectivity index (χ3v) is 6.11. The molecule has 180 valence electrons. The maximum Gasteiger partial charge on any atom is 0.387 e. The first-order valence-electron chi connectivity index (χ1n) is 10.7. The minimum Gasteiger partial charge on any atom is -0.435 e. The third kappa shape index (κ3) is 5.83. The zero-order valence-electron chi connectivity index (χ0n) is 19.0. The zero-order chi connectivity index (χ0) is 24.9. The molecule has 7 nitrogen and oxygen atoms in total. The Bertz CT molecular complexity index is 1390. The third-order valence-electron chi connectivity index (χ3n) is 5.19. The van der Waals surface area contributed by atoms with Gasteiger partial charge in [-0.15, -0.1) is 0 Å². The van der Waals surface area contributed by atoms with E-state index in [4.69, 9.17) is 0 Å². The molecule has 0 atom stereocenters. The molecular weight excluding hydrogens is 474 g/mol. The first-order valence-corrected chi connectivity index (χ1v) is 11.7. The number of carbonyl (C=O) groups is 1. The average Bonchev–Trinajstić information content (AvgIpc) is 2.84. The van der Waals surface area contributed by atoms with Crippen LogP contribution in [0, 0.1) is 6.92 Å². The number of nitrogens with zero attached hydrogens (tertiary/aromatic N) is 4. The van der Waals surface area contributed by atoms with Crippen molar-refractivity contribution in [1.82, 2.24) is 19.4 Å². The molecule has 0 aliphatic carbocycles. The van der Waals surface area contributed by atoms with Crippen molar-refractivity contribution >= 4 is 28.6 Å². The molecule has 0 N–H and O–H groups in total. The molecular formula is C25H22F2N4O3S. The first kappa shape index (κ1) is 24.3. The van der Waals surface area contributed by atoms with Crippen LogP contribution in [0.1, 0.15) is 11.1 Å². The van der Waals surface area contributed by atoms with E-state index in [1.165, 1.54) is 21.6 Å². The number of rotatable bonds is 8. The van der Waals surface area contributed by atoms with Crippen LogP contribution < -0.4 is 10.3 Å². The van der Waals surface area contributed by atoms with E-state index in [9.17, 15) is 18.4 Å². The number of pyridine rings is 1. The summed E-state index contributed by atoms with van der Waals surface area (Å²) in [5, 5.41) is 0.822. The number of aromatic nitrogens is 3. The normalized spacial score (nSPS) is 11.1. The molecule has 4 rings (SSSR count). The molecule has 2 heterocycles. The monoisotopic (exact) mass is 496 g/mol. The summed E-state index contributed by atoms with van der Waals surface area (Å²) in [5.41, 5.74) is 1.99. The summed E-state index contributed by atoms with van der Waals surface area (Å²) in [6.45, 7) is -0.702. The molecule has 0 saturated carbocycles. The number of hydrogen-bond acceptors (Lipinski definition) is 6. The zero-order valence-corrected chi connectivity index (χ0v) is 19.8. The fraction of sp³-hybridized carbons (Fsp3) is 0.200. The van der Waals surface area contributed by atoms with E-state index in [1.807, 2.05) is 13.0 Å². The predicted octanol–water partition coefficient (Wildman–Crippen LogP) is 4.44. The average molecular weight is 497 g/mol. The molecule has 2 aromatic carbocycles. The van der Waals surface area contributed by atoms with E-state index >= 15 is 0 Å². The second-order valence-corrected chi connectivity index (χ2v) is 8.75. The van der Waals surface area contributed by atoms with Crippen molar-refractivity contribution in [2.45, 2.75) is 25.2 Å². The Kier molecular flexibility index (Phi) is 7.40. The Morgan fingerprint density at radius 3 is 2.54 bits per heavy atom. The van der Waals surface area contributed by atoms with Crippen LogP contribution in [0.2, 0.25) is 0 Å². The van der Waals surface area contributed by atoms with Crippen LogP contribution in [0.25, 0.3) is 16.7 Å². The van der Waals surface area contributed by atoms with E-state index in [0.717, 1.165) is 22.9 Å². The Balaban J connectivity index is 1.53. The largest absolute Gasteiger partial charge is 0.435 e. The minimum atomic E-state index is -2.89. The van der Waals surface area contributed by atoms with Crippen LogP contribution in [0.3, 0.4) is 0 Å². The van der Waals surface area contributed by atoms with Gasteiger partial charge in [0.1, 0.15) is 11.6 Å². The Morgan fingerprint density at radius 2 is 1.86 bits per heavy atom. The molecule has 0 spiro atoms. The number of ether oxygens (including phenoxy) is 1. The van der Waals surface area contributed by atoms with Gasteiger partial charge in [-0.1, -0.05) is 42.1 Å². The highest BCUT2D eigenvalue weighted by molar-refractivity contribution is 7.99. The molecule has 35 heavy (non-hydrogen) atoms. The van der Waals surface area contributed by atoms with E-state index in [-0.39, 0.29) is 29.5 Å². The Labute approximate surface area is 204 Å². The molecule has 2 aromatic heterocycles. The molecule has 0 fully saturated rings. The van der Waals surface area contributed by atoms with Crippen LogP contribution >= 0.6 is 11.8 Å². The Morgan fingerprint density at radius 1 is 1.11 bits per heavy atom. The van der Waals surface area contributed by atoms with Crippen LogP contribution in [0.5, 0.6) is 5.75 Å². The number of fused-ring (bicyclic) bond motifs is 1. The maximum absolute atomic E-state index is 13.3. The molecule has 0 aliphatic rings. The molecule has 1 amide bonds. The van der Waals surface area contributed by atoms with Crippen molar-refractivity contribution in [2.75, 3.05) is 12.8 Å². The lowest BCUT2D eigenvalue weighted by molar-refractivity contribution is -0.127. The lowest BCUT2D eigenvalue weighted by Gasteiger charge is -2.18. The van der Waals surface area contributed by atoms with E-state index < -0.39 is 6.61 Å². The maximum atomic E-state index is 13.3. The van der Waals surface area contributed by atoms with Gasteiger partial charge in [-0.3, -0.25) is 9.59 Å². The number of hydrogen-bond donors (Lipinski definition) is 0. The van der Waals surface area contributed by atoms with Gasteiger partial charge in [-0.25, -0.2) is 14.5 Å². The topological polar surface area (TPSA) is 77.3 Å². The molecule has 0 bridgehead atoms. The fourth-order valence-electron chi connectivity index (χ4n) is 3.38. The molecule has 10 heteroatoms. The summed E-state index contributed by atoms with van der Waals surface area (Å²) in [6, 6.07) is 16.7. The number of amides is 1. The number of halogens is 2. The van der Waals surface area contributed by atoms with Gasteiger partial charge >= 0.3 is 6.61 Å². The van der Waals surface area contributed by atoms with Gasteiger partial charge < -0.3 is 9.64 Å². The second-order valence-electron chi connectivity index (χ2n) is 7.81. The van der Waals surface area contributed by atoms with Gasteiger partial charge in [0, 0.05) is 19.8 Å². The number of aryl methyl sites for hydroxylation is 1. The number of alkyl halides is 2. The highest BCUT2D eigenvalue weighted by Crippen LogP contribution is 2.22. The quantitative estimate of drug-likeness (QED) is 0.265. The van der Waals surface area contributed by atoms with Crippen LogP contribution in [-0.4, -0.2) is 44.8 Å². The minimum absolute atomic E-state index is 0.0414. The van der Waals surface area contributed by atoms with Crippen molar-refractivity contribution in [2.24, 2.45) is 0 Å². The van der Waals surface area contributed by atoms with Gasteiger partial charge in [-0.2, -0.15) is 8.78 Å². The molecule has 0 radical (unpaired) electrons. The summed E-state index contributed by atoms with van der Waals surface area (Å²) < 4.78 is 30.4. The summed E-state index contributed by atoms with van der Waals surface area (Å²) >= 11 is 1.15. The smallest absolute Gasteiger partial charge is 0.387 e. The van der Waals surface area contributed by atoms with E-state index in [2.05, 4.69) is 14.7 Å². The Hall–Kier alpha value is -3.79. The summed E-state index contributed by atoms with van der Waals surface area (Å²) in [6.07, 6.45) is 1.67. The lowest BCUT2D eigenvalue weighted by atomic mass is 10.2. The van der Waals surface area contributed by atoms with Gasteiger partial charge in [-0.05, 0) is 48.4 Å². The number of benzene rings is 2. The van der Waals surface area contributed by atoms with Crippen LogP contribution in [-0.2, 0) is 11.3 Å². The van der Waals surface area contributed by atoms with Crippen LogP contribution in [0.15, 0.2) is 76.8 Å². The first-order chi connectivity index (χ1) is 16.8. The van der Waals surface area contributed by atoms with Gasteiger partial charge in [0.2, 0.25) is 5.91 Å². The highest BCUT2D eigenvalue weighted by Gasteiger charge is 2.17. The van der Waals surface area contributed by atoms with Gasteiger partial charge in [0.15, 0.2) is 5.16 Å². The van der Waals surface area contributed by atoms with Crippen molar-refractivity contribution in [3.8, 4) is 11.6 Å². The van der Waals surface area contributed by atoms with Crippen molar-refractivity contribution < 1.29 is 18.3 Å². The number of para-hydroxylation sites is 1. The molecule has 0 unspecified atom stereocenters. The second kappa shape index (κ2) is 10.6. The van der Waals surface area contributed by atoms with Gasteiger partial charge in [0.05, 0.1) is 16.7 Å². The number of carbonyl (C=O) groups excluding carboxylic acids is 1. The van der Waals surface area contributed by atoms with Crippen molar-refractivity contribution in [3.63, 3.8) is 0 Å².